The summed E-state index contributed by atoms with van der Waals surface area (Å²) in [6.07, 6.45) is 0. The van der Waals surface area contributed by atoms with Crippen molar-refractivity contribution in [1.29, 1.82) is 0 Å². The molecule has 0 amide bonds. The number of hydrogen-bond acceptors (Lipinski definition) is 8. The highest BCUT2D eigenvalue weighted by molar-refractivity contribution is 5.97. The van der Waals surface area contributed by atoms with Gasteiger partial charge in [0.1, 0.15) is 11.1 Å². The molecule has 0 radical (unpaired) electrons. The summed E-state index contributed by atoms with van der Waals surface area (Å²) in [4.78, 5) is 13.3. The number of phenols is 1. The quantitative estimate of drug-likeness (QED) is 0.688. The largest absolute Gasteiger partial charge is 0.507 e. The van der Waals surface area contributed by atoms with Crippen LogP contribution in [0.15, 0.2) is 33.5 Å². The molecular formula is C20H20O8. The van der Waals surface area contributed by atoms with E-state index in [1.54, 1.807) is 18.2 Å². The monoisotopic (exact) mass is 388 g/mol. The predicted octanol–water partition coefficient (Wildman–Crippen LogP) is 3.21. The minimum absolute atomic E-state index is 0.0469. The molecule has 1 aromatic heterocycles. The third-order valence-electron chi connectivity index (χ3n) is 4.29. The molecule has 0 unspecified atom stereocenters. The van der Waals surface area contributed by atoms with Crippen LogP contribution in [0.5, 0.6) is 34.5 Å². The Bertz CT molecular complexity index is 1080. The van der Waals surface area contributed by atoms with Crippen molar-refractivity contribution in [3.05, 3.63) is 34.5 Å². The highest BCUT2D eigenvalue weighted by atomic mass is 16.5. The third kappa shape index (κ3) is 2.74. The Morgan fingerprint density at radius 3 is 1.82 bits per heavy atom. The van der Waals surface area contributed by atoms with Crippen LogP contribution in [-0.4, -0.2) is 40.7 Å². The van der Waals surface area contributed by atoms with Crippen molar-refractivity contribution in [2.24, 2.45) is 0 Å². The molecule has 0 aliphatic rings. The lowest BCUT2D eigenvalue weighted by atomic mass is 10.1. The molecule has 28 heavy (non-hydrogen) atoms. The van der Waals surface area contributed by atoms with Gasteiger partial charge in [-0.05, 0) is 12.1 Å². The lowest BCUT2D eigenvalue weighted by Gasteiger charge is -2.19. The second kappa shape index (κ2) is 7.59. The van der Waals surface area contributed by atoms with Gasteiger partial charge in [0.25, 0.3) is 0 Å². The Balaban J connectivity index is 2.58. The number of methoxy groups -OCH3 is 5. The van der Waals surface area contributed by atoms with Gasteiger partial charge < -0.3 is 33.2 Å². The van der Waals surface area contributed by atoms with Crippen molar-refractivity contribution >= 4 is 11.0 Å². The number of fused-ring (bicyclic) bond motifs is 1. The predicted molar refractivity (Wildman–Crippen MR) is 102 cm³/mol. The minimum atomic E-state index is -0.516. The van der Waals surface area contributed by atoms with E-state index in [9.17, 15) is 9.90 Å². The van der Waals surface area contributed by atoms with Crippen molar-refractivity contribution in [3.8, 4) is 45.8 Å². The van der Waals surface area contributed by atoms with E-state index >= 15 is 0 Å². The number of hydrogen-bond donors (Lipinski definition) is 1. The molecule has 1 N–H and O–H groups in total. The first-order valence-corrected chi connectivity index (χ1v) is 8.23. The second-order valence-electron chi connectivity index (χ2n) is 5.65. The Morgan fingerprint density at radius 1 is 0.750 bits per heavy atom. The zero-order valence-corrected chi connectivity index (χ0v) is 16.1. The van der Waals surface area contributed by atoms with Crippen LogP contribution in [0.1, 0.15) is 0 Å². The van der Waals surface area contributed by atoms with E-state index in [2.05, 4.69) is 0 Å². The van der Waals surface area contributed by atoms with Crippen LogP contribution in [0.2, 0.25) is 0 Å². The maximum absolute atomic E-state index is 13.3. The fourth-order valence-electron chi connectivity index (χ4n) is 3.09. The first-order valence-electron chi connectivity index (χ1n) is 8.23. The second-order valence-corrected chi connectivity index (χ2v) is 5.65. The summed E-state index contributed by atoms with van der Waals surface area (Å²) in [5, 5.41) is 10.3. The van der Waals surface area contributed by atoms with Gasteiger partial charge in [-0.2, -0.15) is 0 Å². The van der Waals surface area contributed by atoms with Crippen molar-refractivity contribution in [3.63, 3.8) is 0 Å². The van der Waals surface area contributed by atoms with Gasteiger partial charge in [0.15, 0.2) is 17.1 Å². The molecule has 0 saturated heterocycles. The number of para-hydroxylation sites is 1. The van der Waals surface area contributed by atoms with Crippen LogP contribution in [0.4, 0.5) is 0 Å². The molecule has 3 rings (SSSR count). The van der Waals surface area contributed by atoms with Crippen LogP contribution >= 0.6 is 0 Å². The van der Waals surface area contributed by atoms with Crippen molar-refractivity contribution in [1.82, 2.24) is 0 Å². The van der Waals surface area contributed by atoms with E-state index in [0.29, 0.717) is 0 Å². The lowest BCUT2D eigenvalue weighted by molar-refractivity contribution is 0.306. The van der Waals surface area contributed by atoms with E-state index in [4.69, 9.17) is 28.1 Å². The molecule has 0 fully saturated rings. The standard InChI is InChI=1S/C20H20O8/c1-23-15-12-13(22)17(24-2)14(10-8-6-7-9-11(10)21)28-16(12)19(26-4)20(27-5)18(15)25-3/h6-9,21H,1-5H3. The maximum atomic E-state index is 13.3. The minimum Gasteiger partial charge on any atom is -0.507 e. The van der Waals surface area contributed by atoms with Gasteiger partial charge in [0.2, 0.25) is 28.4 Å². The van der Waals surface area contributed by atoms with Crippen LogP contribution in [0, 0.1) is 0 Å². The summed E-state index contributed by atoms with van der Waals surface area (Å²) < 4.78 is 33.0. The van der Waals surface area contributed by atoms with Crippen LogP contribution in [-0.2, 0) is 0 Å². The summed E-state index contributed by atoms with van der Waals surface area (Å²) in [6, 6.07) is 6.44. The molecule has 2 aromatic carbocycles. The van der Waals surface area contributed by atoms with Crippen molar-refractivity contribution < 1.29 is 33.2 Å². The Hall–Kier alpha value is -3.55. The van der Waals surface area contributed by atoms with Gasteiger partial charge in [-0.25, -0.2) is 0 Å². The maximum Gasteiger partial charge on any atom is 0.239 e. The van der Waals surface area contributed by atoms with Gasteiger partial charge in [0.05, 0.1) is 41.1 Å². The highest BCUT2D eigenvalue weighted by Gasteiger charge is 2.30. The van der Waals surface area contributed by atoms with Crippen LogP contribution in [0.25, 0.3) is 22.3 Å². The normalized spacial score (nSPS) is 10.6. The average molecular weight is 388 g/mol. The van der Waals surface area contributed by atoms with E-state index in [0.717, 1.165) is 0 Å². The molecule has 0 spiro atoms. The fourth-order valence-corrected chi connectivity index (χ4v) is 3.09. The lowest BCUT2D eigenvalue weighted by Crippen LogP contribution is -2.11. The molecule has 3 aromatic rings. The smallest absolute Gasteiger partial charge is 0.239 e. The molecule has 8 nitrogen and oxygen atoms in total. The molecule has 0 aliphatic heterocycles. The van der Waals surface area contributed by atoms with E-state index < -0.39 is 5.43 Å². The fraction of sp³-hybridized carbons (Fsp3) is 0.250. The summed E-state index contributed by atoms with van der Waals surface area (Å²) in [6.45, 7) is 0. The first-order chi connectivity index (χ1) is 13.5. The first kappa shape index (κ1) is 19.2. The Kier molecular flexibility index (Phi) is 5.21. The number of phenolic OH excluding ortho intramolecular Hbond substituents is 1. The molecule has 0 aliphatic carbocycles. The van der Waals surface area contributed by atoms with Gasteiger partial charge in [-0.15, -0.1) is 0 Å². The van der Waals surface area contributed by atoms with Crippen molar-refractivity contribution in [2.75, 3.05) is 35.5 Å². The third-order valence-corrected chi connectivity index (χ3v) is 4.29. The number of ether oxygens (including phenoxy) is 5. The zero-order chi connectivity index (χ0) is 20.4. The van der Waals surface area contributed by atoms with Gasteiger partial charge in [-0.1, -0.05) is 12.1 Å². The van der Waals surface area contributed by atoms with E-state index in [1.165, 1.54) is 41.6 Å². The number of benzene rings is 2. The summed E-state index contributed by atoms with van der Waals surface area (Å²) in [7, 11) is 6.99. The molecule has 0 bridgehead atoms. The van der Waals surface area contributed by atoms with Crippen LogP contribution < -0.4 is 29.1 Å². The van der Waals surface area contributed by atoms with Gasteiger partial charge in [0, 0.05) is 0 Å². The number of rotatable bonds is 6. The van der Waals surface area contributed by atoms with Crippen molar-refractivity contribution in [2.45, 2.75) is 0 Å². The molecule has 8 heteroatoms. The summed E-state index contributed by atoms with van der Waals surface area (Å²) >= 11 is 0. The highest BCUT2D eigenvalue weighted by Crippen LogP contribution is 2.51. The SMILES string of the molecule is COc1c(OC)c(OC)c2c(=O)c(OC)c(-c3ccccc3O)oc2c1OC. The summed E-state index contributed by atoms with van der Waals surface area (Å²) in [5.74, 6) is 0.518. The molecular weight excluding hydrogens is 368 g/mol. The van der Waals surface area contributed by atoms with E-state index in [1.807, 2.05) is 0 Å². The Labute approximate surface area is 160 Å². The zero-order valence-electron chi connectivity index (χ0n) is 16.1. The average Bonchev–Trinajstić information content (AvgIpc) is 2.71. The molecule has 0 saturated carbocycles. The topological polar surface area (TPSA) is 96.6 Å². The van der Waals surface area contributed by atoms with Crippen LogP contribution in [0.3, 0.4) is 0 Å². The molecule has 1 heterocycles. The summed E-state index contributed by atoms with van der Waals surface area (Å²) in [5.41, 5.74) is -0.159. The van der Waals surface area contributed by atoms with E-state index in [-0.39, 0.29) is 56.8 Å². The Morgan fingerprint density at radius 2 is 1.29 bits per heavy atom. The molecule has 0 atom stereocenters. The van der Waals surface area contributed by atoms with Gasteiger partial charge in [-0.3, -0.25) is 4.79 Å². The van der Waals surface area contributed by atoms with Gasteiger partial charge >= 0.3 is 0 Å². The molecule has 148 valence electrons. The number of aromatic hydroxyl groups is 1.